The molecule has 0 amide bonds. The quantitative estimate of drug-likeness (QED) is 0.723. The van der Waals surface area contributed by atoms with Gasteiger partial charge in [-0.25, -0.2) is 4.79 Å². The van der Waals surface area contributed by atoms with Gasteiger partial charge in [0.1, 0.15) is 12.4 Å². The normalized spacial score (nSPS) is 16.8. The number of hydrogen-bond acceptors (Lipinski definition) is 4. The Balaban J connectivity index is 1.70. The van der Waals surface area contributed by atoms with Gasteiger partial charge in [-0.05, 0) is 37.3 Å². The van der Waals surface area contributed by atoms with Gasteiger partial charge in [0.15, 0.2) is 0 Å². The van der Waals surface area contributed by atoms with E-state index in [9.17, 15) is 4.79 Å². The first-order valence-electron chi connectivity index (χ1n) is 7.37. The van der Waals surface area contributed by atoms with Crippen LogP contribution in [0.4, 0.5) is 0 Å². The average molecular weight is 309 g/mol. The zero-order valence-electron chi connectivity index (χ0n) is 12.4. The third kappa shape index (κ3) is 4.64. The van der Waals surface area contributed by atoms with Gasteiger partial charge in [0.05, 0.1) is 5.56 Å². The van der Waals surface area contributed by atoms with E-state index >= 15 is 0 Å². The predicted octanol–water partition coefficient (Wildman–Crippen LogP) is 3.03. The summed E-state index contributed by atoms with van der Waals surface area (Å²) in [5.74, 6) is -0.320. The summed E-state index contributed by atoms with van der Waals surface area (Å²) in [6.07, 6.45) is 7.45. The highest BCUT2D eigenvalue weighted by Gasteiger charge is 2.32. The summed E-state index contributed by atoms with van der Waals surface area (Å²) in [6, 6.07) is 6.61. The Labute approximate surface area is 130 Å². The molecule has 1 aliphatic rings. The summed E-state index contributed by atoms with van der Waals surface area (Å²) in [4.78, 5) is 10.9. The number of carboxylic acids is 1. The summed E-state index contributed by atoms with van der Waals surface area (Å²) in [5.41, 5.74) is 0.257. The Bertz CT molecular complexity index is 472. The fraction of sp³-hybridized carbons (Fsp3) is 0.562. The first-order chi connectivity index (χ1) is 10.2. The second-order valence-electron chi connectivity index (χ2n) is 5.45. The molecule has 1 aromatic rings. The van der Waals surface area contributed by atoms with Crippen LogP contribution in [0.25, 0.3) is 0 Å². The van der Waals surface area contributed by atoms with E-state index in [2.05, 4.69) is 11.6 Å². The second kappa shape index (κ2) is 7.71. The summed E-state index contributed by atoms with van der Waals surface area (Å²) in [7, 11) is 0. The number of benzene rings is 1. The van der Waals surface area contributed by atoms with Crippen LogP contribution in [0.3, 0.4) is 0 Å². The number of nitrogens with one attached hydrogen (secondary N) is 1. The molecule has 2 rings (SSSR count). The van der Waals surface area contributed by atoms with Gasteiger partial charge in [0, 0.05) is 17.8 Å². The number of ether oxygens (including phenoxy) is 1. The fourth-order valence-electron chi connectivity index (χ4n) is 2.75. The Morgan fingerprint density at radius 1 is 1.43 bits per heavy atom. The lowest BCUT2D eigenvalue weighted by Crippen LogP contribution is -2.36. The van der Waals surface area contributed by atoms with Crippen LogP contribution in [0.5, 0.6) is 5.75 Å². The molecule has 1 saturated carbocycles. The molecule has 0 radical (unpaired) electrons. The van der Waals surface area contributed by atoms with E-state index in [0.29, 0.717) is 17.1 Å². The van der Waals surface area contributed by atoms with Crippen molar-refractivity contribution in [2.45, 2.75) is 30.4 Å². The van der Waals surface area contributed by atoms with Crippen molar-refractivity contribution in [3.8, 4) is 5.75 Å². The maximum absolute atomic E-state index is 10.9. The van der Waals surface area contributed by atoms with Crippen LogP contribution in [0.15, 0.2) is 24.3 Å². The molecule has 0 unspecified atom stereocenters. The second-order valence-corrected chi connectivity index (χ2v) is 6.73. The Kier molecular flexibility index (Phi) is 5.94. The summed E-state index contributed by atoms with van der Waals surface area (Å²) in [6.45, 7) is 2.35. The molecule has 1 aliphatic carbocycles. The van der Waals surface area contributed by atoms with E-state index in [4.69, 9.17) is 9.84 Å². The van der Waals surface area contributed by atoms with E-state index < -0.39 is 5.97 Å². The number of carbonyl (C=O) groups is 1. The predicted molar refractivity (Wildman–Crippen MR) is 86.5 cm³/mol. The van der Waals surface area contributed by atoms with Crippen molar-refractivity contribution in [1.82, 2.24) is 5.32 Å². The lowest BCUT2D eigenvalue weighted by molar-refractivity contribution is 0.0696. The van der Waals surface area contributed by atoms with Crippen molar-refractivity contribution in [3.63, 3.8) is 0 Å². The molecule has 116 valence electrons. The first-order valence-corrected chi connectivity index (χ1v) is 8.60. The van der Waals surface area contributed by atoms with Crippen LogP contribution in [0, 0.1) is 0 Å². The van der Waals surface area contributed by atoms with Gasteiger partial charge in [-0.1, -0.05) is 18.9 Å². The zero-order valence-corrected chi connectivity index (χ0v) is 13.2. The average Bonchev–Trinajstić information content (AvgIpc) is 2.96. The third-order valence-corrected chi connectivity index (χ3v) is 5.44. The van der Waals surface area contributed by atoms with E-state index in [-0.39, 0.29) is 5.56 Å². The monoisotopic (exact) mass is 309 g/mol. The van der Waals surface area contributed by atoms with Crippen LogP contribution in [-0.2, 0) is 0 Å². The largest absolute Gasteiger partial charge is 0.492 e. The molecule has 0 aliphatic heterocycles. The highest BCUT2D eigenvalue weighted by Crippen LogP contribution is 2.39. The molecule has 21 heavy (non-hydrogen) atoms. The van der Waals surface area contributed by atoms with Crippen molar-refractivity contribution in [2.75, 3.05) is 26.0 Å². The molecular weight excluding hydrogens is 286 g/mol. The van der Waals surface area contributed by atoms with Crippen molar-refractivity contribution in [2.24, 2.45) is 0 Å². The van der Waals surface area contributed by atoms with Gasteiger partial charge in [-0.2, -0.15) is 11.8 Å². The van der Waals surface area contributed by atoms with Gasteiger partial charge in [-0.3, -0.25) is 0 Å². The minimum absolute atomic E-state index is 0.257. The highest BCUT2D eigenvalue weighted by atomic mass is 32.2. The molecular formula is C16H23NO3S. The zero-order chi connectivity index (χ0) is 15.1. The van der Waals surface area contributed by atoms with Crippen LogP contribution < -0.4 is 10.1 Å². The molecule has 0 atom stereocenters. The Hall–Kier alpha value is -1.20. The highest BCUT2D eigenvalue weighted by molar-refractivity contribution is 8.00. The van der Waals surface area contributed by atoms with E-state index in [1.807, 2.05) is 11.8 Å². The summed E-state index contributed by atoms with van der Waals surface area (Å²) in [5, 5.41) is 12.4. The summed E-state index contributed by atoms with van der Waals surface area (Å²) >= 11 is 1.97. The number of aromatic carboxylic acids is 1. The van der Waals surface area contributed by atoms with Crippen LogP contribution >= 0.6 is 11.8 Å². The van der Waals surface area contributed by atoms with Gasteiger partial charge in [0.2, 0.25) is 0 Å². The Morgan fingerprint density at radius 3 is 2.86 bits per heavy atom. The topological polar surface area (TPSA) is 58.6 Å². The maximum Gasteiger partial charge on any atom is 0.335 e. The number of rotatable bonds is 8. The van der Waals surface area contributed by atoms with Gasteiger partial charge < -0.3 is 15.2 Å². The van der Waals surface area contributed by atoms with Crippen molar-refractivity contribution >= 4 is 17.7 Å². The third-order valence-electron chi connectivity index (χ3n) is 4.02. The van der Waals surface area contributed by atoms with Crippen molar-refractivity contribution in [3.05, 3.63) is 29.8 Å². The molecule has 2 N–H and O–H groups in total. The molecule has 1 fully saturated rings. The maximum atomic E-state index is 10.9. The lowest BCUT2D eigenvalue weighted by atomic mass is 10.1. The van der Waals surface area contributed by atoms with Crippen LogP contribution in [0.2, 0.25) is 0 Å². The van der Waals surface area contributed by atoms with E-state index in [1.165, 1.54) is 25.7 Å². The standard InChI is InChI=1S/C16H23NO3S/c1-21-16(7-2-3-8-16)12-17-9-10-20-14-6-4-5-13(11-14)15(18)19/h4-6,11,17H,2-3,7-10,12H2,1H3,(H,18,19). The molecule has 4 nitrogen and oxygen atoms in total. The molecule has 0 saturated heterocycles. The SMILES string of the molecule is CSC1(CNCCOc2cccc(C(=O)O)c2)CCCC1. The number of carboxylic acid groups (broad SMARTS) is 1. The van der Waals surface area contributed by atoms with Gasteiger partial charge >= 0.3 is 5.97 Å². The first kappa shape index (κ1) is 16.2. The molecule has 0 heterocycles. The minimum atomic E-state index is -0.929. The molecule has 5 heteroatoms. The van der Waals surface area contributed by atoms with Gasteiger partial charge in [0.25, 0.3) is 0 Å². The number of hydrogen-bond donors (Lipinski definition) is 2. The van der Waals surface area contributed by atoms with E-state index in [0.717, 1.165) is 13.1 Å². The van der Waals surface area contributed by atoms with Crippen LogP contribution in [0.1, 0.15) is 36.0 Å². The Morgan fingerprint density at radius 2 is 2.19 bits per heavy atom. The molecule has 0 spiro atoms. The fourth-order valence-corrected chi connectivity index (χ4v) is 3.69. The number of thioether (sulfide) groups is 1. The van der Waals surface area contributed by atoms with E-state index in [1.54, 1.807) is 24.3 Å². The minimum Gasteiger partial charge on any atom is -0.492 e. The molecule has 1 aromatic carbocycles. The van der Waals surface area contributed by atoms with Crippen molar-refractivity contribution < 1.29 is 14.6 Å². The molecule has 0 bridgehead atoms. The molecule has 0 aromatic heterocycles. The lowest BCUT2D eigenvalue weighted by Gasteiger charge is -2.27. The van der Waals surface area contributed by atoms with Crippen LogP contribution in [-0.4, -0.2) is 41.8 Å². The summed E-state index contributed by atoms with van der Waals surface area (Å²) < 4.78 is 6.00. The van der Waals surface area contributed by atoms with Crippen molar-refractivity contribution in [1.29, 1.82) is 0 Å². The van der Waals surface area contributed by atoms with Gasteiger partial charge in [-0.15, -0.1) is 0 Å². The smallest absolute Gasteiger partial charge is 0.335 e.